The molecule has 0 amide bonds. The Kier molecular flexibility index (Phi) is 1.72. The molecule has 4 heteroatoms. The van der Waals surface area contributed by atoms with Crippen LogP contribution in [0.5, 0.6) is 0 Å². The molecule has 0 radical (unpaired) electrons. The number of thiophene rings is 1. The molecule has 0 bridgehead atoms. The average Bonchev–Trinajstić information content (AvgIpc) is 2.13. The van der Waals surface area contributed by atoms with Gasteiger partial charge in [-0.05, 0) is 19.4 Å². The predicted molar refractivity (Wildman–Crippen MR) is 40.4 cm³/mol. The monoisotopic (exact) mass is 157 g/mol. The van der Waals surface area contributed by atoms with Gasteiger partial charge in [-0.2, -0.15) is 0 Å². The molecule has 0 fully saturated rings. The maximum atomic E-state index is 10.2. The molecular formula is C6H7NO2S. The minimum Gasteiger partial charge on any atom is -0.258 e. The third-order valence-corrected chi connectivity index (χ3v) is 2.44. The van der Waals surface area contributed by atoms with Gasteiger partial charge in [0.1, 0.15) is 0 Å². The summed E-state index contributed by atoms with van der Waals surface area (Å²) in [6, 6.07) is 1.60. The third kappa shape index (κ3) is 1.16. The van der Waals surface area contributed by atoms with Crippen LogP contribution in [0.1, 0.15) is 10.4 Å². The van der Waals surface area contributed by atoms with Crippen LogP contribution in [0.15, 0.2) is 6.07 Å². The fourth-order valence-corrected chi connectivity index (χ4v) is 1.49. The highest BCUT2D eigenvalue weighted by Crippen LogP contribution is 2.26. The zero-order valence-electron chi connectivity index (χ0n) is 5.75. The van der Waals surface area contributed by atoms with E-state index >= 15 is 0 Å². The molecule has 3 nitrogen and oxygen atoms in total. The van der Waals surface area contributed by atoms with Crippen LogP contribution in [-0.4, -0.2) is 4.92 Å². The molecule has 1 rings (SSSR count). The summed E-state index contributed by atoms with van der Waals surface area (Å²) in [5.74, 6) is 0. The van der Waals surface area contributed by atoms with Crippen molar-refractivity contribution in [2.24, 2.45) is 0 Å². The fraction of sp³-hybridized carbons (Fsp3) is 0.333. The topological polar surface area (TPSA) is 43.1 Å². The van der Waals surface area contributed by atoms with Crippen LogP contribution in [0.25, 0.3) is 0 Å². The lowest BCUT2D eigenvalue weighted by atomic mass is 10.3. The highest BCUT2D eigenvalue weighted by atomic mass is 32.1. The maximum Gasteiger partial charge on any atom is 0.324 e. The second kappa shape index (κ2) is 2.38. The number of nitrogens with zero attached hydrogens (tertiary/aromatic N) is 1. The lowest BCUT2D eigenvalue weighted by Gasteiger charge is -1.78. The Morgan fingerprint density at radius 1 is 1.60 bits per heavy atom. The largest absolute Gasteiger partial charge is 0.324 e. The van der Waals surface area contributed by atoms with Gasteiger partial charge in [0.05, 0.1) is 4.92 Å². The van der Waals surface area contributed by atoms with Crippen LogP contribution in [0.4, 0.5) is 5.00 Å². The summed E-state index contributed by atoms with van der Waals surface area (Å²) in [4.78, 5) is 10.8. The number of hydrogen-bond donors (Lipinski definition) is 0. The van der Waals surface area contributed by atoms with E-state index in [1.165, 1.54) is 11.3 Å². The van der Waals surface area contributed by atoms with E-state index in [1.807, 2.05) is 13.8 Å². The van der Waals surface area contributed by atoms with Crippen molar-refractivity contribution in [1.29, 1.82) is 0 Å². The Morgan fingerprint density at radius 3 is 2.40 bits per heavy atom. The zero-order valence-corrected chi connectivity index (χ0v) is 6.57. The third-order valence-electron chi connectivity index (χ3n) is 1.33. The van der Waals surface area contributed by atoms with Crippen molar-refractivity contribution in [1.82, 2.24) is 0 Å². The Balaban J connectivity index is 3.10. The van der Waals surface area contributed by atoms with Crippen LogP contribution in [-0.2, 0) is 0 Å². The number of nitro groups is 1. The number of rotatable bonds is 1. The van der Waals surface area contributed by atoms with Crippen LogP contribution < -0.4 is 0 Å². The van der Waals surface area contributed by atoms with Gasteiger partial charge in [0, 0.05) is 10.9 Å². The van der Waals surface area contributed by atoms with Gasteiger partial charge < -0.3 is 0 Å². The molecule has 1 aromatic heterocycles. The van der Waals surface area contributed by atoms with Crippen LogP contribution in [0.3, 0.4) is 0 Å². The maximum absolute atomic E-state index is 10.2. The smallest absolute Gasteiger partial charge is 0.258 e. The van der Waals surface area contributed by atoms with Crippen molar-refractivity contribution < 1.29 is 4.92 Å². The van der Waals surface area contributed by atoms with Crippen LogP contribution in [0.2, 0.25) is 0 Å². The fourth-order valence-electron chi connectivity index (χ4n) is 0.644. The first-order valence-electron chi connectivity index (χ1n) is 2.82. The first kappa shape index (κ1) is 7.21. The molecule has 0 saturated heterocycles. The quantitative estimate of drug-likeness (QED) is 0.463. The summed E-state index contributed by atoms with van der Waals surface area (Å²) in [6.07, 6.45) is 0. The highest BCUT2D eigenvalue weighted by Gasteiger charge is 2.09. The van der Waals surface area contributed by atoms with Crippen molar-refractivity contribution in [3.05, 3.63) is 26.6 Å². The van der Waals surface area contributed by atoms with Gasteiger partial charge in [-0.1, -0.05) is 11.3 Å². The molecular weight excluding hydrogens is 150 g/mol. The number of hydrogen-bond acceptors (Lipinski definition) is 3. The Hall–Kier alpha value is -0.900. The molecule has 54 valence electrons. The first-order valence-corrected chi connectivity index (χ1v) is 3.64. The highest BCUT2D eigenvalue weighted by molar-refractivity contribution is 7.15. The Morgan fingerprint density at radius 2 is 2.20 bits per heavy atom. The second-order valence-corrected chi connectivity index (χ2v) is 3.32. The van der Waals surface area contributed by atoms with Gasteiger partial charge in [0.15, 0.2) is 0 Å². The van der Waals surface area contributed by atoms with Crippen molar-refractivity contribution in [2.75, 3.05) is 0 Å². The molecule has 0 aromatic carbocycles. The van der Waals surface area contributed by atoms with Gasteiger partial charge in [-0.25, -0.2) is 0 Å². The number of aryl methyl sites for hydroxylation is 2. The van der Waals surface area contributed by atoms with Crippen LogP contribution >= 0.6 is 11.3 Å². The summed E-state index contributed by atoms with van der Waals surface area (Å²) < 4.78 is 0. The van der Waals surface area contributed by atoms with E-state index in [9.17, 15) is 10.1 Å². The van der Waals surface area contributed by atoms with E-state index in [4.69, 9.17) is 0 Å². The van der Waals surface area contributed by atoms with Crippen LogP contribution in [0, 0.1) is 24.0 Å². The standard InChI is InChI=1S/C6H7NO2S/c1-4-3-6(7(8)9)10-5(4)2/h3H,1-2H3. The SMILES string of the molecule is Cc1cc([N+](=O)[O-])sc1C. The molecule has 0 N–H and O–H groups in total. The van der Waals surface area contributed by atoms with E-state index in [1.54, 1.807) is 6.07 Å². The first-order chi connectivity index (χ1) is 4.61. The minimum absolute atomic E-state index is 0.231. The summed E-state index contributed by atoms with van der Waals surface area (Å²) >= 11 is 1.22. The van der Waals surface area contributed by atoms with Gasteiger partial charge >= 0.3 is 5.00 Å². The van der Waals surface area contributed by atoms with Gasteiger partial charge in [0.2, 0.25) is 0 Å². The summed E-state index contributed by atoms with van der Waals surface area (Å²) in [5.41, 5.74) is 0.997. The van der Waals surface area contributed by atoms with E-state index in [0.29, 0.717) is 0 Å². The van der Waals surface area contributed by atoms with Gasteiger partial charge in [0.25, 0.3) is 0 Å². The van der Waals surface area contributed by atoms with Gasteiger partial charge in [-0.15, -0.1) is 0 Å². The Labute approximate surface area is 62.5 Å². The molecule has 1 aromatic rings. The lowest BCUT2D eigenvalue weighted by Crippen LogP contribution is -1.80. The summed E-state index contributed by atoms with van der Waals surface area (Å²) in [5, 5.41) is 10.4. The zero-order chi connectivity index (χ0) is 7.72. The molecule has 0 aliphatic heterocycles. The molecule has 0 atom stereocenters. The van der Waals surface area contributed by atoms with E-state index < -0.39 is 0 Å². The van der Waals surface area contributed by atoms with E-state index in [-0.39, 0.29) is 9.92 Å². The van der Waals surface area contributed by atoms with E-state index in [2.05, 4.69) is 0 Å². The van der Waals surface area contributed by atoms with Crippen molar-refractivity contribution in [3.63, 3.8) is 0 Å². The molecule has 1 heterocycles. The minimum atomic E-state index is -0.356. The molecule has 0 aliphatic rings. The van der Waals surface area contributed by atoms with Crippen molar-refractivity contribution in [2.45, 2.75) is 13.8 Å². The lowest BCUT2D eigenvalue weighted by molar-refractivity contribution is -0.380. The Bertz CT molecular complexity index is 247. The van der Waals surface area contributed by atoms with E-state index in [0.717, 1.165) is 10.4 Å². The summed E-state index contributed by atoms with van der Waals surface area (Å²) in [6.45, 7) is 3.76. The molecule has 0 unspecified atom stereocenters. The summed E-state index contributed by atoms with van der Waals surface area (Å²) in [7, 11) is 0. The molecule has 10 heavy (non-hydrogen) atoms. The predicted octanol–water partition coefficient (Wildman–Crippen LogP) is 2.27. The molecule has 0 saturated carbocycles. The van der Waals surface area contributed by atoms with Crippen molar-refractivity contribution >= 4 is 16.3 Å². The van der Waals surface area contributed by atoms with Crippen molar-refractivity contribution in [3.8, 4) is 0 Å². The normalized spacial score (nSPS) is 9.80. The van der Waals surface area contributed by atoms with Gasteiger partial charge in [-0.3, -0.25) is 10.1 Å². The molecule has 0 aliphatic carbocycles. The average molecular weight is 157 g/mol. The molecule has 0 spiro atoms. The second-order valence-electron chi connectivity index (χ2n) is 2.08.